The van der Waals surface area contributed by atoms with Crippen LogP contribution in [0.1, 0.15) is 39.0 Å². The van der Waals surface area contributed by atoms with E-state index in [1.54, 1.807) is 0 Å². The smallest absolute Gasteiger partial charge is 0.230 e. The van der Waals surface area contributed by atoms with Crippen molar-refractivity contribution in [2.75, 3.05) is 5.32 Å². The number of amides is 1. The van der Waals surface area contributed by atoms with Crippen LogP contribution in [0.15, 0.2) is 6.07 Å². The van der Waals surface area contributed by atoms with Gasteiger partial charge in [0.25, 0.3) is 0 Å². The van der Waals surface area contributed by atoms with E-state index in [0.717, 1.165) is 25.7 Å². The summed E-state index contributed by atoms with van der Waals surface area (Å²) in [4.78, 5) is 12.4. The van der Waals surface area contributed by atoms with Crippen LogP contribution in [0.25, 0.3) is 0 Å². The largest absolute Gasteiger partial charge is 0.505 e. The molecule has 0 radical (unpaired) electrons. The fraction of sp³-hybridized carbons (Fsp3) is 0.500. The van der Waals surface area contributed by atoms with Gasteiger partial charge in [0.1, 0.15) is 5.02 Å². The molecule has 0 saturated heterocycles. The van der Waals surface area contributed by atoms with Crippen molar-refractivity contribution in [3.63, 3.8) is 0 Å². The van der Waals surface area contributed by atoms with Gasteiger partial charge < -0.3 is 10.4 Å². The number of aromatic hydroxyl groups is 1. The van der Waals surface area contributed by atoms with E-state index in [4.69, 9.17) is 34.8 Å². The van der Waals surface area contributed by atoms with Crippen molar-refractivity contribution < 1.29 is 9.90 Å². The Morgan fingerprint density at radius 2 is 1.80 bits per heavy atom. The molecule has 1 saturated carbocycles. The van der Waals surface area contributed by atoms with Gasteiger partial charge in [0.2, 0.25) is 5.91 Å². The average Bonchev–Trinajstić information content (AvgIpc) is 2.43. The Bertz CT molecular complexity index is 540. The minimum Gasteiger partial charge on any atom is -0.505 e. The van der Waals surface area contributed by atoms with Crippen molar-refractivity contribution in [1.29, 1.82) is 0 Å². The molecule has 3 nitrogen and oxygen atoms in total. The number of carbonyl (C=O) groups excluding carboxylic acids is 1. The van der Waals surface area contributed by atoms with Crippen LogP contribution in [0.3, 0.4) is 0 Å². The highest BCUT2D eigenvalue weighted by Gasteiger charge is 2.35. The molecular weight excluding hydrogens is 321 g/mol. The van der Waals surface area contributed by atoms with E-state index in [-0.39, 0.29) is 26.7 Å². The molecule has 110 valence electrons. The fourth-order valence-electron chi connectivity index (χ4n) is 2.51. The molecule has 2 N–H and O–H groups in total. The SMILES string of the molecule is CC1(C(=O)Nc2cc(Cl)c(O)c(Cl)c2Cl)CCCCC1. The molecule has 1 aliphatic rings. The third-order valence-corrected chi connectivity index (χ3v) is 5.03. The van der Waals surface area contributed by atoms with Crippen molar-refractivity contribution in [2.45, 2.75) is 39.0 Å². The lowest BCUT2D eigenvalue weighted by Crippen LogP contribution is -2.35. The molecule has 1 aliphatic carbocycles. The van der Waals surface area contributed by atoms with Crippen LogP contribution in [0.5, 0.6) is 5.75 Å². The van der Waals surface area contributed by atoms with Crippen LogP contribution in [0, 0.1) is 5.41 Å². The van der Waals surface area contributed by atoms with Gasteiger partial charge in [-0.2, -0.15) is 0 Å². The number of anilines is 1. The highest BCUT2D eigenvalue weighted by molar-refractivity contribution is 6.46. The number of hydrogen-bond donors (Lipinski definition) is 2. The summed E-state index contributed by atoms with van der Waals surface area (Å²) in [5.74, 6) is -0.364. The predicted molar refractivity (Wildman–Crippen MR) is 83.0 cm³/mol. The maximum atomic E-state index is 12.4. The van der Waals surface area contributed by atoms with Gasteiger partial charge in [-0.05, 0) is 18.9 Å². The molecule has 1 amide bonds. The maximum absolute atomic E-state index is 12.4. The molecule has 20 heavy (non-hydrogen) atoms. The van der Waals surface area contributed by atoms with E-state index in [1.165, 1.54) is 12.5 Å². The number of hydrogen-bond acceptors (Lipinski definition) is 2. The first-order chi connectivity index (χ1) is 9.35. The second-order valence-corrected chi connectivity index (χ2v) is 6.62. The summed E-state index contributed by atoms with van der Waals surface area (Å²) < 4.78 is 0. The van der Waals surface area contributed by atoms with Gasteiger partial charge in [0, 0.05) is 5.41 Å². The van der Waals surface area contributed by atoms with Gasteiger partial charge in [-0.25, -0.2) is 0 Å². The van der Waals surface area contributed by atoms with Crippen LogP contribution in [0.4, 0.5) is 5.69 Å². The van der Waals surface area contributed by atoms with Crippen molar-refractivity contribution in [3.05, 3.63) is 21.1 Å². The minimum atomic E-state index is -0.390. The highest BCUT2D eigenvalue weighted by atomic mass is 35.5. The molecule has 0 unspecified atom stereocenters. The molecule has 0 spiro atoms. The first-order valence-corrected chi connectivity index (χ1v) is 7.66. The molecule has 0 heterocycles. The maximum Gasteiger partial charge on any atom is 0.230 e. The Kier molecular flexibility index (Phi) is 4.73. The summed E-state index contributed by atoms with van der Waals surface area (Å²) >= 11 is 17.8. The van der Waals surface area contributed by atoms with Crippen molar-refractivity contribution in [1.82, 2.24) is 0 Å². The Hall–Kier alpha value is -0.640. The fourth-order valence-corrected chi connectivity index (χ4v) is 3.16. The quantitative estimate of drug-likeness (QED) is 0.571. The summed E-state index contributed by atoms with van der Waals surface area (Å²) in [7, 11) is 0. The van der Waals surface area contributed by atoms with Crippen LogP contribution in [0.2, 0.25) is 15.1 Å². The molecule has 0 aromatic heterocycles. The van der Waals surface area contributed by atoms with Crippen LogP contribution < -0.4 is 5.32 Å². The Morgan fingerprint density at radius 3 is 2.40 bits per heavy atom. The molecule has 1 aromatic rings. The topological polar surface area (TPSA) is 49.3 Å². The molecule has 6 heteroatoms. The lowest BCUT2D eigenvalue weighted by Gasteiger charge is -2.32. The predicted octanol–water partition coefficient (Wildman–Crippen LogP) is 5.26. The normalized spacial score (nSPS) is 17.8. The Balaban J connectivity index is 2.24. The monoisotopic (exact) mass is 335 g/mol. The minimum absolute atomic E-state index is 0.0525. The lowest BCUT2D eigenvalue weighted by molar-refractivity contribution is -0.126. The number of phenols is 1. The number of nitrogens with one attached hydrogen (secondary N) is 1. The van der Waals surface area contributed by atoms with Gasteiger partial charge in [-0.3, -0.25) is 4.79 Å². The van der Waals surface area contributed by atoms with Crippen LogP contribution in [-0.2, 0) is 4.79 Å². The Morgan fingerprint density at radius 1 is 1.20 bits per heavy atom. The lowest BCUT2D eigenvalue weighted by atomic mass is 9.75. The number of phenolic OH excluding ortho intramolecular Hbond substituents is 1. The summed E-state index contributed by atoms with van der Waals surface area (Å²) in [6.45, 7) is 1.96. The third-order valence-electron chi connectivity index (χ3n) is 3.89. The van der Waals surface area contributed by atoms with E-state index >= 15 is 0 Å². The first kappa shape index (κ1) is 15.7. The number of benzene rings is 1. The second-order valence-electron chi connectivity index (χ2n) is 5.46. The molecule has 2 rings (SSSR count). The van der Waals surface area contributed by atoms with E-state index < -0.39 is 5.41 Å². The molecule has 1 fully saturated rings. The number of halogens is 3. The highest BCUT2D eigenvalue weighted by Crippen LogP contribution is 2.43. The standard InChI is InChI=1S/C14H16Cl3NO2/c1-14(5-3-2-4-6-14)13(20)18-9-7-8(15)12(19)11(17)10(9)16/h7,19H,2-6H2,1H3,(H,18,20). The first-order valence-electron chi connectivity index (χ1n) is 6.53. The van der Waals surface area contributed by atoms with E-state index in [0.29, 0.717) is 5.69 Å². The summed E-state index contributed by atoms with van der Waals surface area (Å²) in [5.41, 5.74) is -0.0606. The van der Waals surface area contributed by atoms with Crippen LogP contribution >= 0.6 is 34.8 Å². The molecule has 0 bridgehead atoms. The third kappa shape index (κ3) is 3.00. The van der Waals surface area contributed by atoms with Gasteiger partial charge in [-0.1, -0.05) is 61.0 Å². The van der Waals surface area contributed by atoms with E-state index in [9.17, 15) is 9.90 Å². The van der Waals surface area contributed by atoms with Crippen molar-refractivity contribution in [2.24, 2.45) is 5.41 Å². The van der Waals surface area contributed by atoms with Gasteiger partial charge in [-0.15, -0.1) is 0 Å². The van der Waals surface area contributed by atoms with Gasteiger partial charge >= 0.3 is 0 Å². The van der Waals surface area contributed by atoms with Crippen molar-refractivity contribution in [3.8, 4) is 5.75 Å². The number of rotatable bonds is 2. The molecule has 0 aliphatic heterocycles. The molecular formula is C14H16Cl3NO2. The molecule has 0 atom stereocenters. The van der Waals surface area contributed by atoms with Gasteiger partial charge in [0.15, 0.2) is 5.75 Å². The van der Waals surface area contributed by atoms with Crippen LogP contribution in [-0.4, -0.2) is 11.0 Å². The summed E-state index contributed by atoms with van der Waals surface area (Å²) in [5, 5.41) is 12.5. The zero-order valence-corrected chi connectivity index (χ0v) is 13.4. The Labute approximate surface area is 133 Å². The average molecular weight is 337 g/mol. The zero-order valence-electron chi connectivity index (χ0n) is 11.1. The van der Waals surface area contributed by atoms with E-state index in [2.05, 4.69) is 5.32 Å². The van der Waals surface area contributed by atoms with Crippen molar-refractivity contribution >= 4 is 46.4 Å². The summed E-state index contributed by atoms with van der Waals surface area (Å²) in [6.07, 6.45) is 4.98. The summed E-state index contributed by atoms with van der Waals surface area (Å²) in [6, 6.07) is 1.41. The van der Waals surface area contributed by atoms with Gasteiger partial charge in [0.05, 0.1) is 15.7 Å². The molecule has 1 aromatic carbocycles. The number of carbonyl (C=O) groups is 1. The second kappa shape index (κ2) is 6.00. The van der Waals surface area contributed by atoms with E-state index in [1.807, 2.05) is 6.92 Å². The zero-order chi connectivity index (χ0) is 14.9.